The third-order valence-electron chi connectivity index (χ3n) is 4.24. The van der Waals surface area contributed by atoms with Crippen molar-refractivity contribution >= 4 is 5.91 Å². The van der Waals surface area contributed by atoms with E-state index >= 15 is 0 Å². The lowest BCUT2D eigenvalue weighted by molar-refractivity contribution is 0.0932. The van der Waals surface area contributed by atoms with Gasteiger partial charge in [0.2, 0.25) is 0 Å². The number of hydrogen-bond donors (Lipinski definition) is 1. The zero-order valence-corrected chi connectivity index (χ0v) is 13.4. The van der Waals surface area contributed by atoms with Crippen LogP contribution in [0.5, 0.6) is 0 Å². The first-order valence-electron chi connectivity index (χ1n) is 8.10. The van der Waals surface area contributed by atoms with Crippen LogP contribution in [0.25, 0.3) is 0 Å². The minimum atomic E-state index is -0.169. The van der Waals surface area contributed by atoms with Crippen molar-refractivity contribution in [2.75, 3.05) is 19.6 Å². The fourth-order valence-electron chi connectivity index (χ4n) is 2.98. The summed E-state index contributed by atoms with van der Waals surface area (Å²) in [5.74, 6) is -0.169. The molecule has 1 amide bonds. The summed E-state index contributed by atoms with van der Waals surface area (Å²) >= 11 is 0. The smallest absolute Gasteiger partial charge is 0.271 e. The molecule has 1 aromatic carbocycles. The Balaban J connectivity index is 1.69. The van der Waals surface area contributed by atoms with Crippen LogP contribution in [-0.2, 0) is 0 Å². The summed E-state index contributed by atoms with van der Waals surface area (Å²) in [6.07, 6.45) is 5.59. The zero-order chi connectivity index (χ0) is 16.1. The van der Waals surface area contributed by atoms with Gasteiger partial charge in [-0.2, -0.15) is 0 Å². The summed E-state index contributed by atoms with van der Waals surface area (Å²) in [4.78, 5) is 23.0. The van der Waals surface area contributed by atoms with Gasteiger partial charge in [0, 0.05) is 12.7 Å². The summed E-state index contributed by atoms with van der Waals surface area (Å²) in [6, 6.07) is 10.6. The van der Waals surface area contributed by atoms with E-state index in [1.54, 1.807) is 6.20 Å². The van der Waals surface area contributed by atoms with Crippen molar-refractivity contribution in [2.24, 2.45) is 0 Å². The van der Waals surface area contributed by atoms with Gasteiger partial charge in [-0.3, -0.25) is 14.7 Å². The standard InChI is InChI=1S/C18H22N4O/c1-14-11-20-16(12-19-14)18(23)21-13-17(22-9-5-6-10-22)15-7-3-2-4-8-15/h2-4,7-8,11-12,17H,5-6,9-10,13H2,1H3,(H,21,23). The first-order chi connectivity index (χ1) is 11.2. The van der Waals surface area contributed by atoms with Crippen molar-refractivity contribution in [3.63, 3.8) is 0 Å². The average molecular weight is 310 g/mol. The molecular formula is C18H22N4O. The Kier molecular flexibility index (Phi) is 4.98. The van der Waals surface area contributed by atoms with Gasteiger partial charge < -0.3 is 5.32 Å². The lowest BCUT2D eigenvalue weighted by Gasteiger charge is -2.28. The Morgan fingerprint density at radius 2 is 1.91 bits per heavy atom. The van der Waals surface area contributed by atoms with Crippen LogP contribution in [0.1, 0.15) is 40.6 Å². The minimum absolute atomic E-state index is 0.169. The normalized spacial score (nSPS) is 16.2. The Hall–Kier alpha value is -2.27. The third-order valence-corrected chi connectivity index (χ3v) is 4.24. The van der Waals surface area contributed by atoms with Crippen LogP contribution in [-0.4, -0.2) is 40.4 Å². The maximum Gasteiger partial charge on any atom is 0.271 e. The van der Waals surface area contributed by atoms with E-state index in [4.69, 9.17) is 0 Å². The molecule has 1 unspecified atom stereocenters. The van der Waals surface area contributed by atoms with Gasteiger partial charge in [0.25, 0.3) is 5.91 Å². The predicted octanol–water partition coefficient (Wildman–Crippen LogP) is 2.35. The quantitative estimate of drug-likeness (QED) is 0.921. The SMILES string of the molecule is Cc1cnc(C(=O)NCC(c2ccccc2)N2CCCC2)cn1. The topological polar surface area (TPSA) is 58.1 Å². The van der Waals surface area contributed by atoms with Crippen molar-refractivity contribution < 1.29 is 4.79 Å². The molecule has 0 radical (unpaired) electrons. The number of carbonyl (C=O) groups is 1. The molecule has 5 heteroatoms. The Morgan fingerprint density at radius 1 is 1.17 bits per heavy atom. The first kappa shape index (κ1) is 15.6. The molecule has 1 fully saturated rings. The molecule has 1 aliphatic rings. The van der Waals surface area contributed by atoms with Crippen molar-refractivity contribution in [3.05, 3.63) is 59.7 Å². The molecule has 1 aromatic heterocycles. The van der Waals surface area contributed by atoms with Crippen molar-refractivity contribution in [1.82, 2.24) is 20.2 Å². The molecule has 0 bridgehead atoms. The molecule has 0 aliphatic carbocycles. The van der Waals surface area contributed by atoms with E-state index in [1.165, 1.54) is 24.6 Å². The number of hydrogen-bond acceptors (Lipinski definition) is 4. The van der Waals surface area contributed by atoms with Crippen LogP contribution < -0.4 is 5.32 Å². The van der Waals surface area contributed by atoms with Crippen molar-refractivity contribution in [2.45, 2.75) is 25.8 Å². The Bertz CT molecular complexity index is 636. The van der Waals surface area contributed by atoms with Gasteiger partial charge in [-0.15, -0.1) is 0 Å². The number of aryl methyl sites for hydroxylation is 1. The maximum atomic E-state index is 12.3. The highest BCUT2D eigenvalue weighted by Gasteiger charge is 2.24. The van der Waals surface area contributed by atoms with Crippen LogP contribution >= 0.6 is 0 Å². The molecule has 0 saturated carbocycles. The number of carbonyl (C=O) groups excluding carboxylic acids is 1. The Labute approximate surface area is 136 Å². The van der Waals surface area contributed by atoms with Crippen LogP contribution in [0, 0.1) is 6.92 Å². The van der Waals surface area contributed by atoms with E-state index in [-0.39, 0.29) is 11.9 Å². The highest BCUT2D eigenvalue weighted by molar-refractivity contribution is 5.91. The molecule has 3 rings (SSSR count). The van der Waals surface area contributed by atoms with Crippen LogP contribution in [0.15, 0.2) is 42.7 Å². The van der Waals surface area contributed by atoms with Gasteiger partial charge >= 0.3 is 0 Å². The number of benzene rings is 1. The van der Waals surface area contributed by atoms with E-state index in [0.29, 0.717) is 12.2 Å². The third kappa shape index (κ3) is 3.93. The molecule has 5 nitrogen and oxygen atoms in total. The molecule has 23 heavy (non-hydrogen) atoms. The molecule has 120 valence electrons. The highest BCUT2D eigenvalue weighted by Crippen LogP contribution is 2.24. The predicted molar refractivity (Wildman–Crippen MR) is 89.1 cm³/mol. The molecule has 2 heterocycles. The van der Waals surface area contributed by atoms with Gasteiger partial charge in [-0.25, -0.2) is 4.98 Å². The number of nitrogens with zero attached hydrogens (tertiary/aromatic N) is 3. The largest absolute Gasteiger partial charge is 0.349 e. The van der Waals surface area contributed by atoms with Gasteiger partial charge in [-0.1, -0.05) is 30.3 Å². The summed E-state index contributed by atoms with van der Waals surface area (Å²) in [7, 11) is 0. The van der Waals surface area contributed by atoms with Gasteiger partial charge in [0.05, 0.1) is 17.9 Å². The second-order valence-corrected chi connectivity index (χ2v) is 5.92. The number of aromatic nitrogens is 2. The molecule has 1 atom stereocenters. The second-order valence-electron chi connectivity index (χ2n) is 5.92. The monoisotopic (exact) mass is 310 g/mol. The van der Waals surface area contributed by atoms with Crippen LogP contribution in [0.4, 0.5) is 0 Å². The van der Waals surface area contributed by atoms with Gasteiger partial charge in [0.15, 0.2) is 0 Å². The molecule has 2 aromatic rings. The lowest BCUT2D eigenvalue weighted by atomic mass is 10.1. The molecular weight excluding hydrogens is 288 g/mol. The molecule has 1 saturated heterocycles. The Morgan fingerprint density at radius 3 is 2.57 bits per heavy atom. The summed E-state index contributed by atoms with van der Waals surface area (Å²) in [6.45, 7) is 4.60. The lowest BCUT2D eigenvalue weighted by Crippen LogP contribution is -2.37. The van der Waals surface area contributed by atoms with E-state index in [0.717, 1.165) is 18.8 Å². The fourth-order valence-corrected chi connectivity index (χ4v) is 2.98. The van der Waals surface area contributed by atoms with E-state index in [2.05, 4.69) is 32.3 Å². The average Bonchev–Trinajstić information content (AvgIpc) is 3.11. The minimum Gasteiger partial charge on any atom is -0.349 e. The van der Waals surface area contributed by atoms with E-state index in [9.17, 15) is 4.79 Å². The van der Waals surface area contributed by atoms with Crippen LogP contribution in [0.3, 0.4) is 0 Å². The summed E-state index contributed by atoms with van der Waals surface area (Å²) < 4.78 is 0. The van der Waals surface area contributed by atoms with Crippen molar-refractivity contribution in [3.8, 4) is 0 Å². The molecule has 1 N–H and O–H groups in total. The number of rotatable bonds is 5. The highest BCUT2D eigenvalue weighted by atomic mass is 16.1. The van der Waals surface area contributed by atoms with Crippen LogP contribution in [0.2, 0.25) is 0 Å². The van der Waals surface area contributed by atoms with Gasteiger partial charge in [-0.05, 0) is 38.4 Å². The van der Waals surface area contributed by atoms with E-state index in [1.807, 2.05) is 25.1 Å². The zero-order valence-electron chi connectivity index (χ0n) is 13.4. The van der Waals surface area contributed by atoms with Crippen molar-refractivity contribution in [1.29, 1.82) is 0 Å². The van der Waals surface area contributed by atoms with Gasteiger partial charge in [0.1, 0.15) is 5.69 Å². The first-order valence-corrected chi connectivity index (χ1v) is 8.10. The fraction of sp³-hybridized carbons (Fsp3) is 0.389. The summed E-state index contributed by atoms with van der Waals surface area (Å²) in [5.41, 5.74) is 2.41. The molecule has 1 aliphatic heterocycles. The maximum absolute atomic E-state index is 12.3. The van der Waals surface area contributed by atoms with E-state index < -0.39 is 0 Å². The number of likely N-dealkylation sites (tertiary alicyclic amines) is 1. The summed E-state index contributed by atoms with van der Waals surface area (Å²) in [5, 5.41) is 3.01. The second kappa shape index (κ2) is 7.33. The number of amides is 1. The molecule has 0 spiro atoms. The number of nitrogens with one attached hydrogen (secondary N) is 1.